The van der Waals surface area contributed by atoms with E-state index in [1.54, 1.807) is 12.1 Å². The zero-order valence-corrected chi connectivity index (χ0v) is 15.5. The fourth-order valence-corrected chi connectivity index (χ4v) is 3.27. The first-order valence-electron chi connectivity index (χ1n) is 8.68. The van der Waals surface area contributed by atoms with Gasteiger partial charge in [0.2, 0.25) is 0 Å². The smallest absolute Gasteiger partial charge is 0.344 e. The predicted molar refractivity (Wildman–Crippen MR) is 113 cm³/mol. The highest BCUT2D eigenvalue weighted by Gasteiger charge is 2.15. The number of fused-ring (bicyclic) bond motifs is 1. The van der Waals surface area contributed by atoms with Crippen molar-refractivity contribution in [1.29, 1.82) is 0 Å². The zero-order chi connectivity index (χ0) is 18.8. The molecule has 4 aromatic rings. The maximum Gasteiger partial charge on any atom is 0.344 e. The summed E-state index contributed by atoms with van der Waals surface area (Å²) in [7, 11) is 0. The van der Waals surface area contributed by atoms with Gasteiger partial charge in [-0.1, -0.05) is 77.8 Å². The molecule has 27 heavy (non-hydrogen) atoms. The minimum atomic E-state index is -0.360. The molecule has 0 N–H and O–H groups in total. The van der Waals surface area contributed by atoms with Crippen LogP contribution in [0, 0.1) is 6.92 Å². The number of hydrogen-bond acceptors (Lipinski definition) is 2. The Kier molecular flexibility index (Phi) is 4.66. The summed E-state index contributed by atoms with van der Waals surface area (Å²) in [6, 6.07) is 23.1. The van der Waals surface area contributed by atoms with Gasteiger partial charge in [-0.2, -0.15) is 0 Å². The average Bonchev–Trinajstić information content (AvgIpc) is 2.68. The van der Waals surface area contributed by atoms with Gasteiger partial charge in [0.05, 0.1) is 5.56 Å². The second-order valence-corrected chi connectivity index (χ2v) is 6.87. The molecule has 0 spiro atoms. The summed E-state index contributed by atoms with van der Waals surface area (Å²) in [5, 5.41) is 1.54. The lowest BCUT2D eigenvalue weighted by Gasteiger charge is -2.10. The Hall–Kier alpha value is -3.10. The van der Waals surface area contributed by atoms with E-state index >= 15 is 0 Å². The highest BCUT2D eigenvalue weighted by molar-refractivity contribution is 6.30. The molecule has 0 unspecified atom stereocenters. The first kappa shape index (κ1) is 17.3. The summed E-state index contributed by atoms with van der Waals surface area (Å²) < 4.78 is 5.60. The van der Waals surface area contributed by atoms with Crippen molar-refractivity contribution in [3.05, 3.63) is 105 Å². The van der Waals surface area contributed by atoms with E-state index in [1.807, 2.05) is 79.7 Å². The van der Waals surface area contributed by atoms with Gasteiger partial charge in [0.1, 0.15) is 5.58 Å². The van der Waals surface area contributed by atoms with Crippen molar-refractivity contribution in [1.82, 2.24) is 0 Å². The van der Waals surface area contributed by atoms with Gasteiger partial charge in [0.25, 0.3) is 0 Å². The molecule has 0 aliphatic heterocycles. The van der Waals surface area contributed by atoms with Crippen LogP contribution in [0.15, 0.2) is 82.0 Å². The number of halogens is 1. The molecule has 132 valence electrons. The predicted octanol–water partition coefficient (Wildman–Crippen LogP) is 6.59. The largest absolute Gasteiger partial charge is 0.422 e. The van der Waals surface area contributed by atoms with Gasteiger partial charge in [-0.25, -0.2) is 4.79 Å². The fraction of sp³-hybridized carbons (Fsp3) is 0.0417. The molecule has 0 saturated carbocycles. The van der Waals surface area contributed by atoms with Crippen molar-refractivity contribution in [2.24, 2.45) is 0 Å². The molecule has 0 radical (unpaired) electrons. The Balaban J connectivity index is 2.01. The van der Waals surface area contributed by atoms with Crippen LogP contribution in [0.2, 0.25) is 5.02 Å². The van der Waals surface area contributed by atoms with E-state index in [0.717, 1.165) is 27.6 Å². The fourth-order valence-electron chi connectivity index (χ4n) is 3.15. The molecule has 1 aromatic heterocycles. The summed E-state index contributed by atoms with van der Waals surface area (Å²) in [6.45, 7) is 2.03. The quantitative estimate of drug-likeness (QED) is 0.379. The molecule has 1 heterocycles. The zero-order valence-electron chi connectivity index (χ0n) is 14.8. The van der Waals surface area contributed by atoms with Crippen LogP contribution in [0.4, 0.5) is 0 Å². The topological polar surface area (TPSA) is 30.2 Å². The van der Waals surface area contributed by atoms with E-state index < -0.39 is 0 Å². The molecule has 0 aliphatic rings. The third kappa shape index (κ3) is 3.57. The molecule has 0 fully saturated rings. The molecule has 0 aliphatic carbocycles. The van der Waals surface area contributed by atoms with E-state index in [2.05, 4.69) is 0 Å². The second-order valence-electron chi connectivity index (χ2n) is 6.43. The number of rotatable bonds is 3. The standard InChI is InChI=1S/C24H17ClO2/c1-16-7-14-22-21(15-16)20(13-8-17-5-3-2-4-6-17)23(24(26)27-22)18-9-11-19(25)12-10-18/h2-15H,1H3/b13-8+. The summed E-state index contributed by atoms with van der Waals surface area (Å²) in [5.74, 6) is 0. The van der Waals surface area contributed by atoms with Gasteiger partial charge in [-0.05, 0) is 42.3 Å². The number of benzene rings is 3. The number of hydrogen-bond donors (Lipinski definition) is 0. The van der Waals surface area contributed by atoms with Gasteiger partial charge < -0.3 is 4.42 Å². The van der Waals surface area contributed by atoms with Crippen molar-refractivity contribution in [2.45, 2.75) is 6.92 Å². The maximum absolute atomic E-state index is 12.8. The second kappa shape index (κ2) is 7.26. The maximum atomic E-state index is 12.8. The van der Waals surface area contributed by atoms with Gasteiger partial charge in [0, 0.05) is 16.0 Å². The molecule has 4 rings (SSSR count). The Morgan fingerprint density at radius 1 is 0.889 bits per heavy atom. The molecular formula is C24H17ClO2. The lowest BCUT2D eigenvalue weighted by atomic mass is 9.96. The van der Waals surface area contributed by atoms with E-state index in [0.29, 0.717) is 16.2 Å². The van der Waals surface area contributed by atoms with E-state index in [-0.39, 0.29) is 5.63 Å². The molecule has 0 atom stereocenters. The Bertz CT molecular complexity index is 1190. The Morgan fingerprint density at radius 3 is 2.37 bits per heavy atom. The molecule has 3 heteroatoms. The molecule has 0 amide bonds. The SMILES string of the molecule is Cc1ccc2oc(=O)c(-c3ccc(Cl)cc3)c(/C=C/c3ccccc3)c2c1. The van der Waals surface area contributed by atoms with Crippen LogP contribution in [0.25, 0.3) is 34.2 Å². The van der Waals surface area contributed by atoms with Crippen LogP contribution in [0.5, 0.6) is 0 Å². The summed E-state index contributed by atoms with van der Waals surface area (Å²) in [6.07, 6.45) is 3.99. The van der Waals surface area contributed by atoms with Crippen molar-refractivity contribution >= 4 is 34.7 Å². The van der Waals surface area contributed by atoms with Gasteiger partial charge in [0.15, 0.2) is 0 Å². The monoisotopic (exact) mass is 372 g/mol. The average molecular weight is 373 g/mol. The van der Waals surface area contributed by atoms with Gasteiger partial charge >= 0.3 is 5.63 Å². The van der Waals surface area contributed by atoms with Gasteiger partial charge in [-0.15, -0.1) is 0 Å². The van der Waals surface area contributed by atoms with Crippen LogP contribution in [0.1, 0.15) is 16.7 Å². The van der Waals surface area contributed by atoms with Crippen LogP contribution in [-0.4, -0.2) is 0 Å². The third-order valence-electron chi connectivity index (χ3n) is 4.48. The highest BCUT2D eigenvalue weighted by Crippen LogP contribution is 2.30. The van der Waals surface area contributed by atoms with Crippen LogP contribution >= 0.6 is 11.6 Å². The molecule has 0 bridgehead atoms. The van der Waals surface area contributed by atoms with Crippen LogP contribution in [0.3, 0.4) is 0 Å². The molecular weight excluding hydrogens is 356 g/mol. The third-order valence-corrected chi connectivity index (χ3v) is 4.73. The summed E-state index contributed by atoms with van der Waals surface area (Å²) in [4.78, 5) is 12.8. The minimum Gasteiger partial charge on any atom is -0.422 e. The summed E-state index contributed by atoms with van der Waals surface area (Å²) in [5.41, 5.74) is 4.55. The number of aryl methyl sites for hydroxylation is 1. The normalized spacial score (nSPS) is 11.3. The Labute approximate surface area is 162 Å². The summed E-state index contributed by atoms with van der Waals surface area (Å²) >= 11 is 6.02. The van der Waals surface area contributed by atoms with Crippen molar-refractivity contribution < 1.29 is 4.42 Å². The first-order chi connectivity index (χ1) is 13.1. The first-order valence-corrected chi connectivity index (χ1v) is 9.06. The minimum absolute atomic E-state index is 0.360. The van der Waals surface area contributed by atoms with Crippen LogP contribution < -0.4 is 5.63 Å². The molecule has 3 aromatic carbocycles. The molecule has 0 saturated heterocycles. The lowest BCUT2D eigenvalue weighted by Crippen LogP contribution is -2.06. The van der Waals surface area contributed by atoms with Crippen molar-refractivity contribution in [2.75, 3.05) is 0 Å². The van der Waals surface area contributed by atoms with Crippen molar-refractivity contribution in [3.63, 3.8) is 0 Å². The highest BCUT2D eigenvalue weighted by atomic mass is 35.5. The van der Waals surface area contributed by atoms with Crippen molar-refractivity contribution in [3.8, 4) is 11.1 Å². The van der Waals surface area contributed by atoms with Gasteiger partial charge in [-0.3, -0.25) is 0 Å². The van der Waals surface area contributed by atoms with E-state index in [9.17, 15) is 4.79 Å². The van der Waals surface area contributed by atoms with Crippen LogP contribution in [-0.2, 0) is 0 Å². The van der Waals surface area contributed by atoms with E-state index in [1.165, 1.54) is 0 Å². The van der Waals surface area contributed by atoms with E-state index in [4.69, 9.17) is 16.0 Å². The lowest BCUT2D eigenvalue weighted by molar-refractivity contribution is 0.563. The Morgan fingerprint density at radius 2 is 1.63 bits per heavy atom. The molecule has 2 nitrogen and oxygen atoms in total.